The van der Waals surface area contributed by atoms with Gasteiger partial charge in [-0.3, -0.25) is 4.79 Å². The molecular weight excluding hydrogens is 311 g/mol. The number of hydrogen-bond donors (Lipinski definition) is 1. The van der Waals surface area contributed by atoms with Gasteiger partial charge in [0.05, 0.1) is 12.0 Å². The van der Waals surface area contributed by atoms with Crippen LogP contribution in [0.4, 0.5) is 4.39 Å². The van der Waals surface area contributed by atoms with Gasteiger partial charge in [-0.05, 0) is 24.6 Å². The Morgan fingerprint density at radius 1 is 1.38 bits per heavy atom. The van der Waals surface area contributed by atoms with Crippen molar-refractivity contribution in [2.75, 3.05) is 6.54 Å². The maximum atomic E-state index is 13.3. The Labute approximate surface area is 137 Å². The summed E-state index contributed by atoms with van der Waals surface area (Å²) in [6.45, 7) is 2.26. The molecule has 3 heterocycles. The number of fused-ring (bicyclic) bond motifs is 1. The second kappa shape index (κ2) is 5.59. The van der Waals surface area contributed by atoms with E-state index in [0.29, 0.717) is 18.7 Å². The van der Waals surface area contributed by atoms with Gasteiger partial charge < -0.3 is 14.4 Å². The summed E-state index contributed by atoms with van der Waals surface area (Å²) in [5.41, 5.74) is 2.84. The maximum Gasteiger partial charge on any atom is 0.276 e. The summed E-state index contributed by atoms with van der Waals surface area (Å²) >= 11 is 0. The lowest BCUT2D eigenvalue weighted by atomic mass is 9.95. The lowest BCUT2D eigenvalue weighted by Gasteiger charge is -2.34. The number of aryl methyl sites for hydroxylation is 1. The minimum Gasteiger partial charge on any atom is -0.361 e. The molecule has 0 aliphatic carbocycles. The second-order valence-electron chi connectivity index (χ2n) is 5.79. The topological polar surface area (TPSA) is 75.0 Å². The van der Waals surface area contributed by atoms with E-state index in [-0.39, 0.29) is 23.5 Å². The van der Waals surface area contributed by atoms with Crippen LogP contribution >= 0.6 is 0 Å². The van der Waals surface area contributed by atoms with Crippen molar-refractivity contribution in [2.45, 2.75) is 19.4 Å². The van der Waals surface area contributed by atoms with Gasteiger partial charge in [-0.15, -0.1) is 0 Å². The molecule has 122 valence electrons. The van der Waals surface area contributed by atoms with Gasteiger partial charge in [0, 0.05) is 24.7 Å². The monoisotopic (exact) mass is 326 g/mol. The largest absolute Gasteiger partial charge is 0.361 e. The number of aromatic nitrogens is 3. The van der Waals surface area contributed by atoms with Crippen LogP contribution in [-0.2, 0) is 6.42 Å². The summed E-state index contributed by atoms with van der Waals surface area (Å²) in [6.07, 6.45) is 2.30. The molecule has 0 saturated carbocycles. The van der Waals surface area contributed by atoms with E-state index in [1.165, 1.54) is 12.1 Å². The predicted octanol–water partition coefficient (Wildman–Crippen LogP) is 2.63. The Hall–Kier alpha value is -2.96. The molecule has 6 nitrogen and oxygen atoms in total. The normalized spacial score (nSPS) is 16.9. The molecule has 0 radical (unpaired) electrons. The average Bonchev–Trinajstić information content (AvgIpc) is 3.23. The first kappa shape index (κ1) is 14.6. The van der Waals surface area contributed by atoms with Crippen molar-refractivity contribution >= 4 is 5.91 Å². The first-order chi connectivity index (χ1) is 11.6. The van der Waals surface area contributed by atoms with Gasteiger partial charge in [0.15, 0.2) is 5.69 Å². The Kier molecular flexibility index (Phi) is 3.41. The summed E-state index contributed by atoms with van der Waals surface area (Å²) < 4.78 is 18.3. The van der Waals surface area contributed by atoms with Crippen LogP contribution in [0, 0.1) is 12.7 Å². The molecule has 0 fully saturated rings. The third kappa shape index (κ3) is 2.38. The van der Waals surface area contributed by atoms with Gasteiger partial charge in [-0.25, -0.2) is 9.37 Å². The van der Waals surface area contributed by atoms with Crippen LogP contribution in [0.3, 0.4) is 0 Å². The Balaban J connectivity index is 1.77. The number of H-pyrrole nitrogens is 1. The fourth-order valence-electron chi connectivity index (χ4n) is 3.09. The molecule has 2 aromatic heterocycles. The lowest BCUT2D eigenvalue weighted by Crippen LogP contribution is -2.40. The number of nitrogens with zero attached hydrogens (tertiary/aromatic N) is 3. The highest BCUT2D eigenvalue weighted by Crippen LogP contribution is 2.34. The van der Waals surface area contributed by atoms with E-state index >= 15 is 0 Å². The van der Waals surface area contributed by atoms with E-state index in [4.69, 9.17) is 4.52 Å². The molecule has 1 aliphatic rings. The number of amides is 1. The molecule has 0 spiro atoms. The number of aromatic amines is 1. The molecule has 0 saturated heterocycles. The van der Waals surface area contributed by atoms with Crippen molar-refractivity contribution in [1.29, 1.82) is 0 Å². The minimum absolute atomic E-state index is 0.227. The van der Waals surface area contributed by atoms with E-state index in [9.17, 15) is 9.18 Å². The third-order valence-electron chi connectivity index (χ3n) is 4.22. The van der Waals surface area contributed by atoms with Crippen molar-refractivity contribution in [1.82, 2.24) is 20.0 Å². The zero-order valence-electron chi connectivity index (χ0n) is 13.0. The quantitative estimate of drug-likeness (QED) is 0.785. The van der Waals surface area contributed by atoms with Crippen LogP contribution in [0.25, 0.3) is 0 Å². The Bertz CT molecular complexity index is 884. The molecule has 1 aromatic carbocycles. The smallest absolute Gasteiger partial charge is 0.276 e. The first-order valence-corrected chi connectivity index (χ1v) is 7.65. The zero-order chi connectivity index (χ0) is 16.7. The van der Waals surface area contributed by atoms with Crippen LogP contribution in [0.5, 0.6) is 0 Å². The fourth-order valence-corrected chi connectivity index (χ4v) is 3.09. The summed E-state index contributed by atoms with van der Waals surface area (Å²) in [4.78, 5) is 22.1. The van der Waals surface area contributed by atoms with Gasteiger partial charge in [0.25, 0.3) is 5.91 Å². The fraction of sp³-hybridized carbons (Fsp3) is 0.235. The molecule has 1 N–H and O–H groups in total. The predicted molar refractivity (Wildman–Crippen MR) is 82.8 cm³/mol. The van der Waals surface area contributed by atoms with Gasteiger partial charge in [-0.1, -0.05) is 17.3 Å². The summed E-state index contributed by atoms with van der Waals surface area (Å²) in [5.74, 6) is 0.0331. The molecule has 0 bridgehead atoms. The van der Waals surface area contributed by atoms with Crippen molar-refractivity contribution < 1.29 is 13.7 Å². The molecule has 3 aromatic rings. The number of carbonyl (C=O) groups excluding carboxylic acids is 1. The standard InChI is InChI=1S/C17H15FN4O2/c1-10-8-14(21-24-10)17(23)22-7-6-13-15(20-9-19-13)16(22)11-2-4-12(18)5-3-11/h2-5,8-9,16H,6-7H2,1H3,(H,19,20). The number of carbonyl (C=O) groups is 1. The van der Waals surface area contributed by atoms with E-state index in [0.717, 1.165) is 17.0 Å². The van der Waals surface area contributed by atoms with Crippen molar-refractivity contribution in [3.8, 4) is 0 Å². The maximum absolute atomic E-state index is 13.3. The van der Waals surface area contributed by atoms with Crippen molar-refractivity contribution in [2.24, 2.45) is 0 Å². The number of imidazole rings is 1. The Morgan fingerprint density at radius 2 is 2.17 bits per heavy atom. The molecule has 4 rings (SSSR count). The SMILES string of the molecule is Cc1cc(C(=O)N2CCc3[nH]cnc3C2c2ccc(F)cc2)no1. The van der Waals surface area contributed by atoms with Crippen molar-refractivity contribution in [3.63, 3.8) is 0 Å². The highest BCUT2D eigenvalue weighted by molar-refractivity contribution is 5.93. The van der Waals surface area contributed by atoms with E-state index in [1.807, 2.05) is 0 Å². The van der Waals surface area contributed by atoms with Crippen LogP contribution < -0.4 is 0 Å². The number of rotatable bonds is 2. The highest BCUT2D eigenvalue weighted by Gasteiger charge is 2.35. The summed E-state index contributed by atoms with van der Waals surface area (Å²) in [7, 11) is 0. The molecule has 1 aliphatic heterocycles. The van der Waals surface area contributed by atoms with Crippen LogP contribution in [0.2, 0.25) is 0 Å². The first-order valence-electron chi connectivity index (χ1n) is 7.65. The molecule has 1 amide bonds. The number of halogens is 1. The van der Waals surface area contributed by atoms with Crippen LogP contribution in [0.1, 0.15) is 39.2 Å². The van der Waals surface area contributed by atoms with Gasteiger partial charge in [0.2, 0.25) is 0 Å². The number of benzene rings is 1. The minimum atomic E-state index is -0.384. The molecule has 1 atom stereocenters. The lowest BCUT2D eigenvalue weighted by molar-refractivity contribution is 0.0680. The molecular formula is C17H15FN4O2. The Morgan fingerprint density at radius 3 is 2.88 bits per heavy atom. The average molecular weight is 326 g/mol. The van der Waals surface area contributed by atoms with E-state index in [2.05, 4.69) is 15.1 Å². The summed E-state index contributed by atoms with van der Waals surface area (Å²) in [6, 6.07) is 7.36. The van der Waals surface area contributed by atoms with Gasteiger partial charge >= 0.3 is 0 Å². The van der Waals surface area contributed by atoms with E-state index in [1.54, 1.807) is 36.4 Å². The van der Waals surface area contributed by atoms with Gasteiger partial charge in [-0.2, -0.15) is 0 Å². The zero-order valence-corrected chi connectivity index (χ0v) is 13.0. The molecule has 7 heteroatoms. The van der Waals surface area contributed by atoms with Crippen LogP contribution in [-0.4, -0.2) is 32.5 Å². The van der Waals surface area contributed by atoms with Crippen LogP contribution in [0.15, 0.2) is 41.2 Å². The van der Waals surface area contributed by atoms with Crippen molar-refractivity contribution in [3.05, 3.63) is 70.9 Å². The second-order valence-corrected chi connectivity index (χ2v) is 5.79. The van der Waals surface area contributed by atoms with Gasteiger partial charge in [0.1, 0.15) is 17.6 Å². The molecule has 24 heavy (non-hydrogen) atoms. The molecule has 1 unspecified atom stereocenters. The number of hydrogen-bond acceptors (Lipinski definition) is 4. The highest BCUT2D eigenvalue weighted by atomic mass is 19.1. The third-order valence-corrected chi connectivity index (χ3v) is 4.22. The summed E-state index contributed by atoms with van der Waals surface area (Å²) in [5, 5.41) is 3.82. The number of nitrogens with one attached hydrogen (secondary N) is 1. The van der Waals surface area contributed by atoms with E-state index < -0.39 is 0 Å².